The highest BCUT2D eigenvalue weighted by molar-refractivity contribution is 6.05. The Morgan fingerprint density at radius 2 is 1.71 bits per heavy atom. The van der Waals surface area contributed by atoms with Gasteiger partial charge in [0.15, 0.2) is 0 Å². The molecule has 6 nitrogen and oxygen atoms in total. The summed E-state index contributed by atoms with van der Waals surface area (Å²) in [5.41, 5.74) is 4.67. The molecule has 0 bridgehead atoms. The Hall–Kier alpha value is -3.41. The molecule has 1 aliphatic rings. The number of aryl methyl sites for hydroxylation is 1. The number of benzene rings is 2. The maximum absolute atomic E-state index is 12.7. The van der Waals surface area contributed by atoms with Crippen molar-refractivity contribution in [3.63, 3.8) is 0 Å². The molecule has 6 heteroatoms. The van der Waals surface area contributed by atoms with Crippen LogP contribution in [0.15, 0.2) is 54.6 Å². The van der Waals surface area contributed by atoms with Crippen LogP contribution in [0.5, 0.6) is 0 Å². The van der Waals surface area contributed by atoms with E-state index in [2.05, 4.69) is 10.4 Å². The van der Waals surface area contributed by atoms with Gasteiger partial charge in [-0.05, 0) is 56.7 Å². The number of aromatic nitrogens is 2. The quantitative estimate of drug-likeness (QED) is 0.754. The maximum atomic E-state index is 12.7. The van der Waals surface area contributed by atoms with E-state index in [1.165, 1.54) is 0 Å². The standard InChI is InChI=1S/C22H22N4O2/c1-15-21(16(2)26(24-15)19-7-4-3-5-8-19)23-22(28)17-10-12-18(13-11-17)25-14-6-9-20(25)27/h3-5,7-8,10-13H,6,9,14H2,1-2H3,(H,23,28). The summed E-state index contributed by atoms with van der Waals surface area (Å²) in [6.45, 7) is 4.55. The van der Waals surface area contributed by atoms with E-state index < -0.39 is 0 Å². The molecule has 2 heterocycles. The molecule has 1 aliphatic heterocycles. The minimum Gasteiger partial charge on any atom is -0.319 e. The Morgan fingerprint density at radius 1 is 1.00 bits per heavy atom. The topological polar surface area (TPSA) is 67.2 Å². The van der Waals surface area contributed by atoms with Gasteiger partial charge >= 0.3 is 0 Å². The van der Waals surface area contributed by atoms with Crippen molar-refractivity contribution in [1.29, 1.82) is 0 Å². The molecule has 0 radical (unpaired) electrons. The normalized spacial score (nSPS) is 13.8. The Bertz CT molecular complexity index is 1020. The number of carbonyl (C=O) groups is 2. The zero-order valence-corrected chi connectivity index (χ0v) is 16.0. The van der Waals surface area contributed by atoms with E-state index in [9.17, 15) is 9.59 Å². The van der Waals surface area contributed by atoms with E-state index in [0.717, 1.165) is 35.7 Å². The van der Waals surface area contributed by atoms with Crippen LogP contribution in [-0.2, 0) is 4.79 Å². The molecule has 2 aromatic carbocycles. The monoisotopic (exact) mass is 374 g/mol. The lowest BCUT2D eigenvalue weighted by Crippen LogP contribution is -2.23. The van der Waals surface area contributed by atoms with Crippen molar-refractivity contribution in [1.82, 2.24) is 9.78 Å². The maximum Gasteiger partial charge on any atom is 0.255 e. The first-order valence-electron chi connectivity index (χ1n) is 9.38. The van der Waals surface area contributed by atoms with Crippen LogP contribution in [0.2, 0.25) is 0 Å². The molecular formula is C22H22N4O2. The van der Waals surface area contributed by atoms with Crippen molar-refractivity contribution in [2.75, 3.05) is 16.8 Å². The molecule has 0 saturated carbocycles. The number of hydrogen-bond donors (Lipinski definition) is 1. The highest BCUT2D eigenvalue weighted by atomic mass is 16.2. The zero-order valence-electron chi connectivity index (χ0n) is 16.0. The highest BCUT2D eigenvalue weighted by Gasteiger charge is 2.22. The van der Waals surface area contributed by atoms with Crippen LogP contribution in [-0.4, -0.2) is 28.1 Å². The third-order valence-electron chi connectivity index (χ3n) is 5.05. The van der Waals surface area contributed by atoms with Crippen LogP contribution in [0.3, 0.4) is 0 Å². The van der Waals surface area contributed by atoms with Gasteiger partial charge < -0.3 is 10.2 Å². The smallest absolute Gasteiger partial charge is 0.255 e. The molecule has 1 N–H and O–H groups in total. The number of rotatable bonds is 4. The lowest BCUT2D eigenvalue weighted by molar-refractivity contribution is -0.117. The molecule has 1 saturated heterocycles. The second-order valence-electron chi connectivity index (χ2n) is 6.94. The molecule has 0 unspecified atom stereocenters. The van der Waals surface area contributed by atoms with E-state index in [1.54, 1.807) is 17.0 Å². The SMILES string of the molecule is Cc1nn(-c2ccccc2)c(C)c1NC(=O)c1ccc(N2CCCC2=O)cc1. The predicted molar refractivity (Wildman–Crippen MR) is 109 cm³/mol. The minimum absolute atomic E-state index is 0.136. The van der Waals surface area contributed by atoms with Crippen molar-refractivity contribution >= 4 is 23.2 Å². The summed E-state index contributed by atoms with van der Waals surface area (Å²) < 4.78 is 1.83. The van der Waals surface area contributed by atoms with Crippen molar-refractivity contribution in [2.24, 2.45) is 0 Å². The largest absolute Gasteiger partial charge is 0.319 e. The molecule has 0 atom stereocenters. The fourth-order valence-corrected chi connectivity index (χ4v) is 3.54. The predicted octanol–water partition coefficient (Wildman–Crippen LogP) is 3.87. The number of nitrogens with zero attached hydrogens (tertiary/aromatic N) is 3. The van der Waals surface area contributed by atoms with Gasteiger partial charge in [0, 0.05) is 24.2 Å². The highest BCUT2D eigenvalue weighted by Crippen LogP contribution is 2.25. The first kappa shape index (κ1) is 18.0. The second kappa shape index (κ2) is 7.31. The van der Waals surface area contributed by atoms with Crippen molar-refractivity contribution < 1.29 is 9.59 Å². The van der Waals surface area contributed by atoms with E-state index in [1.807, 2.05) is 61.0 Å². The van der Waals surface area contributed by atoms with Gasteiger partial charge in [-0.2, -0.15) is 5.10 Å². The van der Waals surface area contributed by atoms with Gasteiger partial charge in [-0.3, -0.25) is 9.59 Å². The molecule has 1 fully saturated rings. The van der Waals surface area contributed by atoms with Gasteiger partial charge in [0.2, 0.25) is 5.91 Å². The van der Waals surface area contributed by atoms with Crippen molar-refractivity contribution in [2.45, 2.75) is 26.7 Å². The number of para-hydroxylation sites is 1. The third kappa shape index (κ3) is 3.29. The molecule has 0 spiro atoms. The Morgan fingerprint density at radius 3 is 2.36 bits per heavy atom. The summed E-state index contributed by atoms with van der Waals surface area (Å²) in [5.74, 6) is -0.0603. The van der Waals surface area contributed by atoms with Gasteiger partial charge in [0.05, 0.1) is 22.8 Å². The number of amides is 2. The Balaban J connectivity index is 1.54. The lowest BCUT2D eigenvalue weighted by atomic mass is 10.1. The molecule has 142 valence electrons. The van der Waals surface area contributed by atoms with Crippen LogP contribution in [0.25, 0.3) is 5.69 Å². The average molecular weight is 374 g/mol. The van der Waals surface area contributed by atoms with E-state index in [0.29, 0.717) is 17.7 Å². The van der Waals surface area contributed by atoms with Gasteiger partial charge in [-0.15, -0.1) is 0 Å². The summed E-state index contributed by atoms with van der Waals surface area (Å²) in [6.07, 6.45) is 1.47. The molecule has 28 heavy (non-hydrogen) atoms. The van der Waals surface area contributed by atoms with Crippen LogP contribution in [0.4, 0.5) is 11.4 Å². The average Bonchev–Trinajstić information content (AvgIpc) is 3.27. The number of carbonyl (C=O) groups excluding carboxylic acids is 2. The second-order valence-corrected chi connectivity index (χ2v) is 6.94. The van der Waals surface area contributed by atoms with E-state index in [-0.39, 0.29) is 11.8 Å². The molecule has 4 rings (SSSR count). The first-order chi connectivity index (χ1) is 13.5. The molecule has 2 amide bonds. The van der Waals surface area contributed by atoms with E-state index in [4.69, 9.17) is 0 Å². The molecule has 3 aromatic rings. The minimum atomic E-state index is -0.196. The van der Waals surface area contributed by atoms with Crippen molar-refractivity contribution in [3.05, 3.63) is 71.5 Å². The zero-order chi connectivity index (χ0) is 19.7. The molecule has 1 aromatic heterocycles. The summed E-state index contributed by atoms with van der Waals surface area (Å²) in [6, 6.07) is 17.0. The number of anilines is 2. The van der Waals surface area contributed by atoms with Crippen LogP contribution < -0.4 is 10.2 Å². The van der Waals surface area contributed by atoms with Crippen LogP contribution in [0.1, 0.15) is 34.6 Å². The summed E-state index contributed by atoms with van der Waals surface area (Å²) in [4.78, 5) is 26.4. The number of nitrogens with one attached hydrogen (secondary N) is 1. The van der Waals surface area contributed by atoms with Gasteiger partial charge in [0.1, 0.15) is 0 Å². The van der Waals surface area contributed by atoms with Crippen molar-refractivity contribution in [3.8, 4) is 5.69 Å². The fraction of sp³-hybridized carbons (Fsp3) is 0.227. The van der Waals surface area contributed by atoms with Gasteiger partial charge in [0.25, 0.3) is 5.91 Å². The Labute approximate surface area is 163 Å². The number of hydrogen-bond acceptors (Lipinski definition) is 3. The first-order valence-corrected chi connectivity index (χ1v) is 9.38. The van der Waals surface area contributed by atoms with Gasteiger partial charge in [-0.25, -0.2) is 4.68 Å². The van der Waals surface area contributed by atoms with E-state index >= 15 is 0 Å². The van der Waals surface area contributed by atoms with Gasteiger partial charge in [-0.1, -0.05) is 18.2 Å². The van der Waals surface area contributed by atoms with Crippen LogP contribution in [0, 0.1) is 13.8 Å². The summed E-state index contributed by atoms with van der Waals surface area (Å²) in [7, 11) is 0. The molecular weight excluding hydrogens is 352 g/mol. The Kier molecular flexibility index (Phi) is 4.69. The summed E-state index contributed by atoms with van der Waals surface area (Å²) in [5, 5.41) is 7.54. The van der Waals surface area contributed by atoms with Crippen LogP contribution >= 0.6 is 0 Å². The summed E-state index contributed by atoms with van der Waals surface area (Å²) >= 11 is 0. The third-order valence-corrected chi connectivity index (χ3v) is 5.05. The lowest BCUT2D eigenvalue weighted by Gasteiger charge is -2.15. The fourth-order valence-electron chi connectivity index (χ4n) is 3.54. The molecule has 0 aliphatic carbocycles.